The predicted molar refractivity (Wildman–Crippen MR) is 151 cm³/mol. The molecule has 2 heterocycles. The Morgan fingerprint density at radius 2 is 1.74 bits per heavy atom. The van der Waals surface area contributed by atoms with Crippen LogP contribution in [0.25, 0.3) is 0 Å². The van der Waals surface area contributed by atoms with Crippen LogP contribution in [0.15, 0.2) is 70.0 Å². The molecular weight excluding hydrogens is 561 g/mol. The van der Waals surface area contributed by atoms with Gasteiger partial charge in [-0.05, 0) is 55.8 Å². The third-order valence-electron chi connectivity index (χ3n) is 6.52. The molecule has 0 N–H and O–H groups in total. The van der Waals surface area contributed by atoms with Crippen LogP contribution < -0.4 is 0 Å². The van der Waals surface area contributed by atoms with Crippen molar-refractivity contribution in [2.45, 2.75) is 31.3 Å². The fourth-order valence-electron chi connectivity index (χ4n) is 4.44. The Hall–Kier alpha value is -2.40. The van der Waals surface area contributed by atoms with Gasteiger partial charge in [0.05, 0.1) is 31.3 Å². The molecule has 1 saturated heterocycles. The van der Waals surface area contributed by atoms with Crippen LogP contribution in [0, 0.1) is 6.92 Å². The van der Waals surface area contributed by atoms with Crippen molar-refractivity contribution in [3.63, 3.8) is 0 Å². The molecule has 0 radical (unpaired) electrons. The third-order valence-corrected chi connectivity index (χ3v) is 9.08. The second-order valence-corrected chi connectivity index (χ2v) is 12.2. The van der Waals surface area contributed by atoms with Gasteiger partial charge in [-0.25, -0.2) is 8.42 Å². The number of sulfonamides is 1. The van der Waals surface area contributed by atoms with E-state index in [9.17, 15) is 13.2 Å². The van der Waals surface area contributed by atoms with E-state index >= 15 is 0 Å². The molecule has 8 nitrogen and oxygen atoms in total. The number of hydrogen-bond donors (Lipinski definition) is 0. The molecule has 2 aromatic carbocycles. The number of rotatable bonds is 12. The van der Waals surface area contributed by atoms with Gasteiger partial charge in [0.25, 0.3) is 0 Å². The van der Waals surface area contributed by atoms with Crippen molar-refractivity contribution in [2.24, 2.45) is 0 Å². The van der Waals surface area contributed by atoms with Crippen LogP contribution in [0.5, 0.6) is 0 Å². The summed E-state index contributed by atoms with van der Waals surface area (Å²) in [6.07, 6.45) is 0.542. The maximum Gasteiger partial charge on any atom is 0.245 e. The summed E-state index contributed by atoms with van der Waals surface area (Å²) >= 11 is 12.4. The largest absolute Gasteiger partial charge is 0.464 e. The van der Waals surface area contributed by atoms with Gasteiger partial charge in [0.15, 0.2) is 0 Å². The lowest BCUT2D eigenvalue weighted by Gasteiger charge is -2.29. The molecule has 1 aliphatic rings. The summed E-state index contributed by atoms with van der Waals surface area (Å²) in [5.74, 6) is 1.01. The Labute approximate surface area is 240 Å². The van der Waals surface area contributed by atoms with Gasteiger partial charge in [-0.3, -0.25) is 9.69 Å². The van der Waals surface area contributed by atoms with Crippen molar-refractivity contribution in [2.75, 3.05) is 45.9 Å². The average molecular weight is 595 g/mol. The van der Waals surface area contributed by atoms with E-state index in [-0.39, 0.29) is 40.5 Å². The monoisotopic (exact) mass is 593 g/mol. The Bertz CT molecular complexity index is 1340. The molecule has 1 aliphatic heterocycles. The van der Waals surface area contributed by atoms with E-state index in [1.807, 2.05) is 49.4 Å². The number of nitrogens with zero attached hydrogens (tertiary/aromatic N) is 3. The molecule has 0 atom stereocenters. The molecule has 0 saturated carbocycles. The molecule has 210 valence electrons. The topological polar surface area (TPSA) is 83.3 Å². The van der Waals surface area contributed by atoms with Crippen LogP contribution in [-0.2, 0) is 32.6 Å². The van der Waals surface area contributed by atoms with Crippen LogP contribution in [0.2, 0.25) is 10.0 Å². The maximum absolute atomic E-state index is 13.8. The van der Waals surface area contributed by atoms with E-state index < -0.39 is 10.0 Å². The summed E-state index contributed by atoms with van der Waals surface area (Å²) < 4.78 is 40.0. The van der Waals surface area contributed by atoms with E-state index in [0.717, 1.165) is 24.4 Å². The van der Waals surface area contributed by atoms with E-state index in [2.05, 4.69) is 4.90 Å². The van der Waals surface area contributed by atoms with Crippen molar-refractivity contribution in [3.8, 4) is 0 Å². The highest BCUT2D eigenvalue weighted by atomic mass is 35.5. The minimum Gasteiger partial charge on any atom is -0.464 e. The second-order valence-electron chi connectivity index (χ2n) is 9.47. The number of carbonyl (C=O) groups is 1. The van der Waals surface area contributed by atoms with Gasteiger partial charge < -0.3 is 14.1 Å². The van der Waals surface area contributed by atoms with Gasteiger partial charge in [-0.1, -0.05) is 53.5 Å². The maximum atomic E-state index is 13.8. The zero-order valence-corrected chi connectivity index (χ0v) is 24.2. The molecule has 0 aliphatic carbocycles. The summed E-state index contributed by atoms with van der Waals surface area (Å²) in [4.78, 5) is 17.5. The normalized spacial score (nSPS) is 14.6. The number of ether oxygens (including phenoxy) is 1. The van der Waals surface area contributed by atoms with Crippen LogP contribution in [0.4, 0.5) is 0 Å². The molecular formula is C28H33Cl2N3O5S. The Kier molecular flexibility index (Phi) is 10.5. The standard InChI is InChI=1S/C28H33Cl2N3O5S/c1-22-8-10-25(38-22)20-32(19-23-6-3-2-4-7-23)28(34)21-33(13-5-12-31-14-16-37-17-15-31)39(35,36)27-18-24(29)9-11-26(27)30/h2-4,6-11,18H,5,12-17,19-21H2,1H3. The number of amides is 1. The van der Waals surface area contributed by atoms with Crippen LogP contribution in [-0.4, -0.2) is 74.4 Å². The Balaban J connectivity index is 1.57. The predicted octanol–water partition coefficient (Wildman–Crippen LogP) is 4.84. The van der Waals surface area contributed by atoms with Gasteiger partial charge in [-0.15, -0.1) is 0 Å². The highest BCUT2D eigenvalue weighted by Crippen LogP contribution is 2.28. The zero-order valence-electron chi connectivity index (χ0n) is 21.9. The molecule has 0 bridgehead atoms. The van der Waals surface area contributed by atoms with E-state index in [1.165, 1.54) is 22.5 Å². The van der Waals surface area contributed by atoms with E-state index in [4.69, 9.17) is 32.4 Å². The summed E-state index contributed by atoms with van der Waals surface area (Å²) in [5, 5.41) is 0.300. The first-order valence-corrected chi connectivity index (χ1v) is 15.0. The van der Waals surface area contributed by atoms with Gasteiger partial charge >= 0.3 is 0 Å². The van der Waals surface area contributed by atoms with E-state index in [0.29, 0.717) is 38.5 Å². The molecule has 0 spiro atoms. The fourth-order valence-corrected chi connectivity index (χ4v) is 6.60. The van der Waals surface area contributed by atoms with Crippen LogP contribution in [0.3, 0.4) is 0 Å². The number of aryl methyl sites for hydroxylation is 1. The minimum absolute atomic E-state index is 0.0530. The quantitative estimate of drug-likeness (QED) is 0.299. The zero-order chi connectivity index (χ0) is 27.8. The lowest BCUT2D eigenvalue weighted by molar-refractivity contribution is -0.133. The lowest BCUT2D eigenvalue weighted by atomic mass is 10.2. The molecule has 11 heteroatoms. The number of carbonyl (C=O) groups excluding carboxylic acids is 1. The second kappa shape index (κ2) is 13.8. The van der Waals surface area contributed by atoms with Crippen molar-refractivity contribution in [1.29, 1.82) is 0 Å². The smallest absolute Gasteiger partial charge is 0.245 e. The van der Waals surface area contributed by atoms with Crippen molar-refractivity contribution in [1.82, 2.24) is 14.1 Å². The first-order valence-electron chi connectivity index (χ1n) is 12.8. The van der Waals surface area contributed by atoms with Gasteiger partial charge in [0.1, 0.15) is 16.4 Å². The van der Waals surface area contributed by atoms with E-state index in [1.54, 1.807) is 4.90 Å². The lowest BCUT2D eigenvalue weighted by Crippen LogP contribution is -2.44. The Morgan fingerprint density at radius 1 is 1.00 bits per heavy atom. The minimum atomic E-state index is -4.12. The highest BCUT2D eigenvalue weighted by molar-refractivity contribution is 7.89. The first-order chi connectivity index (χ1) is 18.7. The molecule has 39 heavy (non-hydrogen) atoms. The molecule has 1 fully saturated rings. The summed E-state index contributed by atoms with van der Waals surface area (Å²) in [6.45, 7) is 5.72. The first kappa shape index (κ1) is 29.6. The molecule has 4 rings (SSSR count). The Morgan fingerprint density at radius 3 is 2.44 bits per heavy atom. The van der Waals surface area contributed by atoms with Crippen LogP contribution in [0.1, 0.15) is 23.5 Å². The number of halogens is 2. The highest BCUT2D eigenvalue weighted by Gasteiger charge is 2.31. The van der Waals surface area contributed by atoms with Crippen molar-refractivity contribution >= 4 is 39.1 Å². The van der Waals surface area contributed by atoms with Crippen molar-refractivity contribution < 1.29 is 22.4 Å². The number of furan rings is 1. The summed E-state index contributed by atoms with van der Waals surface area (Å²) in [5.41, 5.74) is 0.925. The molecule has 1 amide bonds. The number of hydrogen-bond acceptors (Lipinski definition) is 6. The summed E-state index contributed by atoms with van der Waals surface area (Å²) in [7, 11) is -4.12. The van der Waals surface area contributed by atoms with Crippen LogP contribution >= 0.6 is 23.2 Å². The van der Waals surface area contributed by atoms with Gasteiger partial charge in [-0.2, -0.15) is 4.31 Å². The fraction of sp³-hybridized carbons (Fsp3) is 0.393. The number of benzene rings is 2. The van der Waals surface area contributed by atoms with Gasteiger partial charge in [0.2, 0.25) is 15.9 Å². The molecule has 3 aromatic rings. The molecule has 1 aromatic heterocycles. The average Bonchev–Trinajstić information content (AvgIpc) is 3.34. The third kappa shape index (κ3) is 8.30. The number of morpholine rings is 1. The summed E-state index contributed by atoms with van der Waals surface area (Å²) in [6, 6.07) is 17.5. The van der Waals surface area contributed by atoms with Crippen molar-refractivity contribution in [3.05, 3.63) is 87.8 Å². The molecule has 0 unspecified atom stereocenters. The SMILES string of the molecule is Cc1ccc(CN(Cc2ccccc2)C(=O)CN(CCCN2CCOCC2)S(=O)(=O)c2cc(Cl)ccc2Cl)o1. The van der Waals surface area contributed by atoms with Gasteiger partial charge in [0, 0.05) is 31.2 Å².